The van der Waals surface area contributed by atoms with Gasteiger partial charge in [-0.25, -0.2) is 4.79 Å². The molecule has 1 aliphatic rings. The number of nitrogens with zero attached hydrogens (tertiary/aromatic N) is 2. The van der Waals surface area contributed by atoms with Crippen LogP contribution in [0.3, 0.4) is 0 Å². The van der Waals surface area contributed by atoms with Crippen LogP contribution in [0.5, 0.6) is 0 Å². The van der Waals surface area contributed by atoms with Gasteiger partial charge in [0.05, 0.1) is 6.04 Å². The number of nitrogens with two attached hydrogens (primary N) is 2. The molecule has 2 atom stereocenters. The lowest BCUT2D eigenvalue weighted by molar-refractivity contribution is -0.716. The van der Waals surface area contributed by atoms with E-state index < -0.39 is 39.8 Å². The van der Waals surface area contributed by atoms with Gasteiger partial charge in [0.25, 0.3) is 0 Å². The summed E-state index contributed by atoms with van der Waals surface area (Å²) in [6.07, 6.45) is 20.1. The van der Waals surface area contributed by atoms with E-state index in [1.54, 1.807) is 41.5 Å². The summed E-state index contributed by atoms with van der Waals surface area (Å²) >= 11 is 0. The van der Waals surface area contributed by atoms with Crippen molar-refractivity contribution in [1.29, 1.82) is 0 Å². The van der Waals surface area contributed by atoms with E-state index in [9.17, 15) is 19.2 Å². The van der Waals surface area contributed by atoms with Crippen LogP contribution in [-0.2, 0) is 19.1 Å². The van der Waals surface area contributed by atoms with Gasteiger partial charge in [0.2, 0.25) is 0 Å². The minimum absolute atomic E-state index is 0.0496. The van der Waals surface area contributed by atoms with Crippen molar-refractivity contribution in [2.45, 2.75) is 193 Å². The molecule has 10 heteroatoms. The molecule has 1 aliphatic heterocycles. The molecule has 4 N–H and O–H groups in total. The van der Waals surface area contributed by atoms with Crippen LogP contribution in [0.15, 0.2) is 0 Å². The molecular weight excluding hydrogens is 608 g/mol. The number of piperidine rings is 1. The zero-order valence-corrected chi connectivity index (χ0v) is 31.7. The maximum absolute atomic E-state index is 14.3. The number of amides is 3. The van der Waals surface area contributed by atoms with Crippen LogP contribution >= 0.6 is 0 Å². The fourth-order valence-corrected chi connectivity index (χ4v) is 6.45. The number of rotatable bonds is 23. The third-order valence-electron chi connectivity index (χ3n) is 9.07. The van der Waals surface area contributed by atoms with Gasteiger partial charge in [-0.15, -0.1) is 0 Å². The highest BCUT2D eigenvalue weighted by Crippen LogP contribution is 2.29. The zero-order chi connectivity index (χ0) is 36.1. The van der Waals surface area contributed by atoms with Crippen molar-refractivity contribution in [2.75, 3.05) is 26.2 Å². The van der Waals surface area contributed by atoms with Gasteiger partial charge in [-0.3, -0.25) is 4.90 Å². The molecule has 10 nitrogen and oxygen atoms in total. The first kappa shape index (κ1) is 44.1. The lowest BCUT2D eigenvalue weighted by atomic mass is 9.98. The van der Waals surface area contributed by atoms with E-state index in [0.29, 0.717) is 32.2 Å². The molecule has 3 amide bonds. The Morgan fingerprint density at radius 3 is 1.69 bits per heavy atom. The van der Waals surface area contributed by atoms with Crippen LogP contribution in [0.1, 0.15) is 170 Å². The van der Waals surface area contributed by atoms with Gasteiger partial charge in [-0.1, -0.05) is 81.5 Å². The number of unbranched alkanes of at least 4 members (excludes halogenated alkanes) is 14. The molecule has 0 spiro atoms. The summed E-state index contributed by atoms with van der Waals surface area (Å²) < 4.78 is 10.4. The Hall–Kier alpha value is -1.88. The Kier molecular flexibility index (Phi) is 21.6. The van der Waals surface area contributed by atoms with Crippen molar-refractivity contribution in [1.82, 2.24) is 4.90 Å². The number of likely N-dealkylation sites (tertiary alicyclic amines) is 1. The van der Waals surface area contributed by atoms with E-state index >= 15 is 0 Å². The molecule has 280 valence electrons. The van der Waals surface area contributed by atoms with Gasteiger partial charge >= 0.3 is 18.1 Å². The summed E-state index contributed by atoms with van der Waals surface area (Å²) in [5.74, 6) is -0.671. The summed E-state index contributed by atoms with van der Waals surface area (Å²) in [5.41, 5.74) is 10.3. The summed E-state index contributed by atoms with van der Waals surface area (Å²) in [7, 11) is 0. The van der Waals surface area contributed by atoms with Crippen LogP contribution in [0.4, 0.5) is 9.59 Å². The Morgan fingerprint density at radius 1 is 0.750 bits per heavy atom. The van der Waals surface area contributed by atoms with Crippen molar-refractivity contribution < 1.29 is 33.1 Å². The van der Waals surface area contributed by atoms with Crippen LogP contribution in [0.25, 0.3) is 0 Å². The second-order valence-electron chi connectivity index (χ2n) is 15.9. The molecule has 0 aromatic carbocycles. The van der Waals surface area contributed by atoms with E-state index in [0.717, 1.165) is 57.9 Å². The van der Waals surface area contributed by atoms with Gasteiger partial charge in [0, 0.05) is 6.42 Å². The van der Waals surface area contributed by atoms with E-state index in [2.05, 4.69) is 4.90 Å². The quantitative estimate of drug-likeness (QED) is 0.0620. The summed E-state index contributed by atoms with van der Waals surface area (Å²) in [6, 6.07) is -1.20. The van der Waals surface area contributed by atoms with E-state index in [1.807, 2.05) is 0 Å². The highest BCUT2D eigenvalue weighted by molar-refractivity contribution is 5.95. The number of hydrogen-bond acceptors (Lipinski definition) is 9. The van der Waals surface area contributed by atoms with Crippen LogP contribution in [-0.4, -0.2) is 83.2 Å². The topological polar surface area (TPSA) is 142 Å². The van der Waals surface area contributed by atoms with E-state index in [1.165, 1.54) is 64.2 Å². The van der Waals surface area contributed by atoms with Crippen LogP contribution < -0.4 is 11.5 Å². The number of aldehydes is 1. The lowest BCUT2D eigenvalue weighted by Crippen LogP contribution is -2.70. The third kappa shape index (κ3) is 17.7. The molecule has 48 heavy (non-hydrogen) atoms. The highest BCUT2D eigenvalue weighted by atomic mass is 16.6. The fourth-order valence-electron chi connectivity index (χ4n) is 6.45. The molecule has 0 aromatic rings. The number of imide groups is 3. The first-order valence-corrected chi connectivity index (χ1v) is 19.2. The number of quaternary nitrogens is 1. The lowest BCUT2D eigenvalue weighted by Gasteiger charge is -2.41. The van der Waals surface area contributed by atoms with Gasteiger partial charge in [-0.05, 0) is 106 Å². The molecule has 2 unspecified atom stereocenters. The Labute approximate surface area is 293 Å². The monoisotopic (exact) mass is 682 g/mol. The Balaban J connectivity index is 2.88. The first-order valence-electron chi connectivity index (χ1n) is 19.2. The molecule has 0 radical (unpaired) electrons. The number of hydrogen-bond donors (Lipinski definition) is 2. The smallest absolute Gasteiger partial charge is 0.414 e. The third-order valence-corrected chi connectivity index (χ3v) is 9.07. The second kappa shape index (κ2) is 23.5. The average molecular weight is 682 g/mol. The van der Waals surface area contributed by atoms with Gasteiger partial charge in [-0.2, -0.15) is 9.59 Å². The molecular formula is C38H73N4O6+. The van der Waals surface area contributed by atoms with Gasteiger partial charge in [0.15, 0.2) is 0 Å². The largest absolute Gasteiger partial charge is 0.535 e. The maximum Gasteiger partial charge on any atom is 0.535 e. The number of carbonyl (C=O) groups excluding carboxylic acids is 4. The van der Waals surface area contributed by atoms with Crippen molar-refractivity contribution in [3.8, 4) is 0 Å². The minimum atomic E-state index is -1.19. The predicted octanol–water partition coefficient (Wildman–Crippen LogP) is 8.17. The zero-order valence-electron chi connectivity index (χ0n) is 31.7. The molecule has 0 aromatic heterocycles. The fraction of sp³-hybridized carbons (Fsp3) is 0.895. The van der Waals surface area contributed by atoms with Crippen LogP contribution in [0, 0.1) is 0 Å². The van der Waals surface area contributed by atoms with Crippen LogP contribution in [0.2, 0.25) is 0 Å². The SMILES string of the molecule is CC(C)(C)OC(=O)[N+](CC1CCCCN1CCCCCCCCCCCCCCCC=O)(C(=O)OC(C)(C)C)C(=O)C(N)CCCCN. The standard InChI is InChI=1S/C38H73N4O6/c1-37(2,3)47-35(45)42(36(46)48-38(4,5)6,34(44)33(40)26-19-21-27-39)31-32-25-20-23-29-41(32)28-22-17-15-13-11-9-7-8-10-12-14-16-18-24-30-43/h30,32-33H,7-29,31,39-40H2,1-6H3/q+1. The Morgan fingerprint density at radius 2 is 1.23 bits per heavy atom. The van der Waals surface area contributed by atoms with Crippen molar-refractivity contribution in [3.05, 3.63) is 0 Å². The van der Waals surface area contributed by atoms with Gasteiger partial charge < -0.3 is 25.7 Å². The summed E-state index contributed by atoms with van der Waals surface area (Å²) in [4.78, 5) is 55.2. The molecule has 1 fully saturated rings. The predicted molar refractivity (Wildman–Crippen MR) is 193 cm³/mol. The van der Waals surface area contributed by atoms with E-state index in [4.69, 9.17) is 20.9 Å². The molecule has 1 heterocycles. The molecule has 0 bridgehead atoms. The molecule has 0 aliphatic carbocycles. The first-order chi connectivity index (χ1) is 22.7. The maximum atomic E-state index is 14.3. The second-order valence-corrected chi connectivity index (χ2v) is 15.9. The molecule has 0 saturated carbocycles. The highest BCUT2D eigenvalue weighted by Gasteiger charge is 2.60. The van der Waals surface area contributed by atoms with E-state index in [-0.39, 0.29) is 12.6 Å². The van der Waals surface area contributed by atoms with Gasteiger partial charge in [0.1, 0.15) is 30.1 Å². The number of ether oxygens (including phenoxy) is 2. The molecule has 1 saturated heterocycles. The number of carbonyl (C=O) groups is 4. The minimum Gasteiger partial charge on any atom is -0.414 e. The normalized spacial score (nSPS) is 16.8. The van der Waals surface area contributed by atoms with Crippen molar-refractivity contribution in [2.24, 2.45) is 11.5 Å². The molecule has 1 rings (SSSR count). The summed E-state index contributed by atoms with van der Waals surface area (Å²) in [5, 5.41) is 0. The Bertz CT molecular complexity index is 901. The van der Waals surface area contributed by atoms with Crippen molar-refractivity contribution in [3.63, 3.8) is 0 Å². The average Bonchev–Trinajstić information content (AvgIpc) is 3.00. The van der Waals surface area contributed by atoms with Crippen molar-refractivity contribution >= 4 is 24.4 Å². The summed E-state index contributed by atoms with van der Waals surface area (Å²) in [6.45, 7) is 12.5.